The van der Waals surface area contributed by atoms with Crippen LogP contribution in [0.25, 0.3) is 10.9 Å². The molecule has 0 radical (unpaired) electrons. The fraction of sp³-hybridized carbons (Fsp3) is 0.571. The highest BCUT2D eigenvalue weighted by atomic mass is 16.5. The minimum absolute atomic E-state index is 0.193. The van der Waals surface area contributed by atoms with E-state index in [4.69, 9.17) is 4.74 Å². The number of aromatic nitrogens is 1. The predicted octanol–water partition coefficient (Wildman–Crippen LogP) is 3.30. The third-order valence-corrected chi connectivity index (χ3v) is 6.03. The van der Waals surface area contributed by atoms with Gasteiger partial charge in [0.25, 0.3) is 0 Å². The van der Waals surface area contributed by atoms with Gasteiger partial charge in [0.05, 0.1) is 17.7 Å². The molecule has 2 saturated heterocycles. The van der Waals surface area contributed by atoms with Gasteiger partial charge in [0, 0.05) is 36.2 Å². The van der Waals surface area contributed by atoms with Gasteiger partial charge in [0.1, 0.15) is 0 Å². The number of likely N-dealkylation sites (tertiary alicyclic amines) is 1. The van der Waals surface area contributed by atoms with E-state index in [9.17, 15) is 5.11 Å². The number of aryl methyl sites for hydroxylation is 1. The summed E-state index contributed by atoms with van der Waals surface area (Å²) >= 11 is 0. The van der Waals surface area contributed by atoms with Gasteiger partial charge < -0.3 is 9.84 Å². The molecular weight excluding hydrogens is 312 g/mol. The van der Waals surface area contributed by atoms with Crippen LogP contribution in [0.15, 0.2) is 30.3 Å². The number of benzene rings is 1. The third-order valence-electron chi connectivity index (χ3n) is 6.03. The minimum Gasteiger partial charge on any atom is -0.390 e. The van der Waals surface area contributed by atoms with Crippen LogP contribution in [0.4, 0.5) is 0 Å². The first-order chi connectivity index (χ1) is 12.0. The first-order valence-electron chi connectivity index (χ1n) is 9.44. The maximum absolute atomic E-state index is 10.9. The number of hydrogen-bond donors (Lipinski definition) is 1. The van der Waals surface area contributed by atoms with E-state index in [1.165, 1.54) is 17.4 Å². The van der Waals surface area contributed by atoms with Crippen molar-refractivity contribution in [3.05, 3.63) is 41.6 Å². The maximum Gasteiger partial charge on any atom is 0.0708 e. The first kappa shape index (κ1) is 17.0. The van der Waals surface area contributed by atoms with Crippen LogP contribution in [0.5, 0.6) is 0 Å². The average Bonchev–Trinajstić information content (AvgIpc) is 3.02. The topological polar surface area (TPSA) is 45.6 Å². The van der Waals surface area contributed by atoms with Crippen LogP contribution in [0.1, 0.15) is 37.4 Å². The smallest absolute Gasteiger partial charge is 0.0708 e. The Bertz CT molecular complexity index is 759. The summed E-state index contributed by atoms with van der Waals surface area (Å²) < 4.78 is 5.72. The Morgan fingerprint density at radius 3 is 3.04 bits per heavy atom. The minimum atomic E-state index is -0.623. The Morgan fingerprint density at radius 1 is 1.36 bits per heavy atom. The van der Waals surface area contributed by atoms with Crippen LogP contribution >= 0.6 is 0 Å². The zero-order chi connectivity index (χ0) is 17.4. The van der Waals surface area contributed by atoms with Gasteiger partial charge in [-0.25, -0.2) is 0 Å². The van der Waals surface area contributed by atoms with Crippen LogP contribution in [0.2, 0.25) is 0 Å². The van der Waals surface area contributed by atoms with E-state index in [-0.39, 0.29) is 5.92 Å². The number of pyridine rings is 1. The van der Waals surface area contributed by atoms with Crippen molar-refractivity contribution in [2.24, 2.45) is 5.92 Å². The number of nitrogens with zero attached hydrogens (tertiary/aromatic N) is 2. The van der Waals surface area contributed by atoms with Gasteiger partial charge in [0.2, 0.25) is 0 Å². The molecule has 2 fully saturated rings. The SMILES string of the molecule is Cc1cc(CN2CCCC2C2COCCC2(C)O)c2ccccc2n1. The van der Waals surface area contributed by atoms with Crippen LogP contribution in [0.3, 0.4) is 0 Å². The van der Waals surface area contributed by atoms with Crippen molar-refractivity contribution in [3.63, 3.8) is 0 Å². The summed E-state index contributed by atoms with van der Waals surface area (Å²) in [5.74, 6) is 0.193. The molecular formula is C21H28N2O2. The lowest BCUT2D eigenvalue weighted by molar-refractivity contribution is -0.123. The molecule has 4 nitrogen and oxygen atoms in total. The number of aliphatic hydroxyl groups is 1. The Labute approximate surface area is 149 Å². The number of rotatable bonds is 3. The highest BCUT2D eigenvalue weighted by Gasteiger charge is 2.44. The van der Waals surface area contributed by atoms with E-state index in [1.807, 2.05) is 13.0 Å². The fourth-order valence-electron chi connectivity index (χ4n) is 4.63. The van der Waals surface area contributed by atoms with Gasteiger partial charge >= 0.3 is 0 Å². The van der Waals surface area contributed by atoms with Gasteiger partial charge in [-0.2, -0.15) is 0 Å². The summed E-state index contributed by atoms with van der Waals surface area (Å²) in [5, 5.41) is 12.1. The molecule has 0 amide bonds. The summed E-state index contributed by atoms with van der Waals surface area (Å²) in [6.45, 7) is 7.41. The standard InChI is InChI=1S/C21H28N2O2/c1-15-12-16(17-6-3-4-7-19(17)22-15)13-23-10-5-8-20(23)18-14-25-11-9-21(18,2)24/h3-4,6-7,12,18,20,24H,5,8-11,13-14H2,1-2H3. The number of hydrogen-bond acceptors (Lipinski definition) is 4. The van der Waals surface area contributed by atoms with E-state index < -0.39 is 5.60 Å². The van der Waals surface area contributed by atoms with E-state index in [2.05, 4.69) is 41.1 Å². The van der Waals surface area contributed by atoms with Crippen molar-refractivity contribution in [1.82, 2.24) is 9.88 Å². The van der Waals surface area contributed by atoms with Gasteiger partial charge in [-0.15, -0.1) is 0 Å². The summed E-state index contributed by atoms with van der Waals surface area (Å²) in [5.41, 5.74) is 2.85. The summed E-state index contributed by atoms with van der Waals surface area (Å²) in [6, 6.07) is 11.0. The van der Waals surface area contributed by atoms with E-state index >= 15 is 0 Å². The number of para-hydroxylation sites is 1. The second kappa shape index (κ2) is 6.67. The average molecular weight is 340 g/mol. The van der Waals surface area contributed by atoms with Crippen LogP contribution in [-0.2, 0) is 11.3 Å². The molecule has 0 aliphatic carbocycles. The van der Waals surface area contributed by atoms with Crippen LogP contribution < -0.4 is 0 Å². The van der Waals surface area contributed by atoms with Gasteiger partial charge in [-0.05, 0) is 57.4 Å². The summed E-state index contributed by atoms with van der Waals surface area (Å²) in [4.78, 5) is 7.21. The van der Waals surface area contributed by atoms with Crippen molar-refractivity contribution >= 4 is 10.9 Å². The Hall–Kier alpha value is -1.49. The largest absolute Gasteiger partial charge is 0.390 e. The highest BCUT2D eigenvalue weighted by Crippen LogP contribution is 2.37. The highest BCUT2D eigenvalue weighted by molar-refractivity contribution is 5.82. The lowest BCUT2D eigenvalue weighted by Gasteiger charge is -2.43. The molecule has 4 heteroatoms. The normalized spacial score (nSPS) is 30.8. The maximum atomic E-state index is 10.9. The lowest BCUT2D eigenvalue weighted by Crippen LogP contribution is -2.52. The van der Waals surface area contributed by atoms with Crippen molar-refractivity contribution in [1.29, 1.82) is 0 Å². The molecule has 0 saturated carbocycles. The lowest BCUT2D eigenvalue weighted by atomic mass is 9.79. The molecule has 134 valence electrons. The molecule has 25 heavy (non-hydrogen) atoms. The van der Waals surface area contributed by atoms with Crippen LogP contribution in [-0.4, -0.2) is 46.4 Å². The molecule has 1 aromatic heterocycles. The van der Waals surface area contributed by atoms with E-state index in [0.29, 0.717) is 19.3 Å². The Balaban J connectivity index is 1.62. The monoisotopic (exact) mass is 340 g/mol. The van der Waals surface area contributed by atoms with Crippen LogP contribution in [0, 0.1) is 12.8 Å². The molecule has 3 heterocycles. The van der Waals surface area contributed by atoms with Crippen molar-refractivity contribution in [2.75, 3.05) is 19.8 Å². The van der Waals surface area contributed by atoms with Gasteiger partial charge in [-0.1, -0.05) is 18.2 Å². The van der Waals surface area contributed by atoms with Gasteiger partial charge in [0.15, 0.2) is 0 Å². The molecule has 3 unspecified atom stereocenters. The van der Waals surface area contributed by atoms with E-state index in [1.54, 1.807) is 0 Å². The van der Waals surface area contributed by atoms with Crippen molar-refractivity contribution in [3.8, 4) is 0 Å². The second-order valence-corrected chi connectivity index (χ2v) is 7.91. The molecule has 2 aromatic rings. The molecule has 0 spiro atoms. The molecule has 1 aromatic carbocycles. The molecule has 0 bridgehead atoms. The Morgan fingerprint density at radius 2 is 2.20 bits per heavy atom. The molecule has 2 aliphatic rings. The Kier molecular flexibility index (Phi) is 4.52. The van der Waals surface area contributed by atoms with E-state index in [0.717, 1.165) is 37.1 Å². The zero-order valence-corrected chi connectivity index (χ0v) is 15.2. The number of ether oxygens (including phenoxy) is 1. The molecule has 4 rings (SSSR count). The first-order valence-corrected chi connectivity index (χ1v) is 9.44. The predicted molar refractivity (Wildman–Crippen MR) is 99.5 cm³/mol. The zero-order valence-electron chi connectivity index (χ0n) is 15.2. The number of fused-ring (bicyclic) bond motifs is 1. The van der Waals surface area contributed by atoms with Crippen molar-refractivity contribution < 1.29 is 9.84 Å². The molecule has 2 aliphatic heterocycles. The second-order valence-electron chi connectivity index (χ2n) is 7.91. The quantitative estimate of drug-likeness (QED) is 0.931. The summed E-state index contributed by atoms with van der Waals surface area (Å²) in [6.07, 6.45) is 3.07. The summed E-state index contributed by atoms with van der Waals surface area (Å²) in [7, 11) is 0. The molecule has 3 atom stereocenters. The van der Waals surface area contributed by atoms with Crippen molar-refractivity contribution in [2.45, 2.75) is 51.3 Å². The van der Waals surface area contributed by atoms with Gasteiger partial charge in [-0.3, -0.25) is 9.88 Å². The fourth-order valence-corrected chi connectivity index (χ4v) is 4.63. The molecule has 1 N–H and O–H groups in total. The third kappa shape index (κ3) is 3.31.